The number of nitrogens with zero attached hydrogens (tertiary/aromatic N) is 2. The van der Waals surface area contributed by atoms with E-state index in [9.17, 15) is 9.59 Å². The van der Waals surface area contributed by atoms with Gasteiger partial charge in [-0.1, -0.05) is 42.5 Å². The molecule has 0 aliphatic carbocycles. The van der Waals surface area contributed by atoms with Gasteiger partial charge < -0.3 is 14.5 Å². The molecule has 0 N–H and O–H groups in total. The number of carbonyl (C=O) groups excluding carboxylic acids is 2. The van der Waals surface area contributed by atoms with Gasteiger partial charge in [0.25, 0.3) is 5.91 Å². The Morgan fingerprint density at radius 3 is 2.56 bits per heavy atom. The molecule has 1 aliphatic heterocycles. The fourth-order valence-corrected chi connectivity index (χ4v) is 3.52. The number of amides is 2. The van der Waals surface area contributed by atoms with Crippen LogP contribution in [0.1, 0.15) is 28.8 Å². The van der Waals surface area contributed by atoms with Crippen LogP contribution in [0.2, 0.25) is 0 Å². The summed E-state index contributed by atoms with van der Waals surface area (Å²) in [6.07, 6.45) is 1.32. The summed E-state index contributed by atoms with van der Waals surface area (Å²) in [6.45, 7) is 1.90. The molecule has 1 aliphatic rings. The van der Waals surface area contributed by atoms with E-state index in [1.807, 2.05) is 54.4 Å². The molecular formula is C22H26N2O3. The molecule has 2 aromatic carbocycles. The SMILES string of the molecule is COc1ccccc1C(=O)N1CCC(CC(=O)N(C)Cc2ccccc2)C1. The predicted molar refractivity (Wildman–Crippen MR) is 105 cm³/mol. The lowest BCUT2D eigenvalue weighted by Gasteiger charge is -2.20. The van der Waals surface area contributed by atoms with E-state index in [1.165, 1.54) is 0 Å². The molecule has 5 nitrogen and oxygen atoms in total. The molecular weight excluding hydrogens is 340 g/mol. The van der Waals surface area contributed by atoms with Crippen LogP contribution in [-0.2, 0) is 11.3 Å². The Morgan fingerprint density at radius 2 is 1.81 bits per heavy atom. The molecule has 142 valence electrons. The van der Waals surface area contributed by atoms with E-state index < -0.39 is 0 Å². The Labute approximate surface area is 160 Å². The Balaban J connectivity index is 1.54. The lowest BCUT2D eigenvalue weighted by molar-refractivity contribution is -0.131. The van der Waals surface area contributed by atoms with Crippen molar-refractivity contribution in [1.82, 2.24) is 9.80 Å². The van der Waals surface area contributed by atoms with E-state index >= 15 is 0 Å². The third kappa shape index (κ3) is 4.67. The van der Waals surface area contributed by atoms with Crippen molar-refractivity contribution in [3.05, 3.63) is 65.7 Å². The molecule has 0 spiro atoms. The van der Waals surface area contributed by atoms with Crippen LogP contribution in [0.4, 0.5) is 0 Å². The van der Waals surface area contributed by atoms with E-state index in [1.54, 1.807) is 24.1 Å². The summed E-state index contributed by atoms with van der Waals surface area (Å²) < 4.78 is 5.30. The second-order valence-electron chi connectivity index (χ2n) is 7.05. The zero-order valence-electron chi connectivity index (χ0n) is 15.9. The van der Waals surface area contributed by atoms with Crippen LogP contribution in [0.3, 0.4) is 0 Å². The first-order valence-corrected chi connectivity index (χ1v) is 9.28. The summed E-state index contributed by atoms with van der Waals surface area (Å²) >= 11 is 0. The van der Waals surface area contributed by atoms with Gasteiger partial charge in [-0.2, -0.15) is 0 Å². The van der Waals surface area contributed by atoms with Crippen molar-refractivity contribution >= 4 is 11.8 Å². The summed E-state index contributed by atoms with van der Waals surface area (Å²) in [4.78, 5) is 28.9. The highest BCUT2D eigenvalue weighted by atomic mass is 16.5. The van der Waals surface area contributed by atoms with Crippen LogP contribution in [0, 0.1) is 5.92 Å². The van der Waals surface area contributed by atoms with Crippen molar-refractivity contribution < 1.29 is 14.3 Å². The monoisotopic (exact) mass is 366 g/mol. The summed E-state index contributed by atoms with van der Waals surface area (Å²) in [5.74, 6) is 0.884. The number of hydrogen-bond donors (Lipinski definition) is 0. The fraction of sp³-hybridized carbons (Fsp3) is 0.364. The van der Waals surface area contributed by atoms with Crippen LogP contribution in [0.5, 0.6) is 5.75 Å². The number of para-hydroxylation sites is 1. The van der Waals surface area contributed by atoms with Gasteiger partial charge in [-0.05, 0) is 30.0 Å². The average molecular weight is 366 g/mol. The first-order chi connectivity index (χ1) is 13.1. The molecule has 1 heterocycles. The molecule has 2 aromatic rings. The molecule has 1 atom stereocenters. The molecule has 3 rings (SSSR count). The number of ether oxygens (including phenoxy) is 1. The third-order valence-corrected chi connectivity index (χ3v) is 5.06. The summed E-state index contributed by atoms with van der Waals surface area (Å²) in [7, 11) is 3.40. The van der Waals surface area contributed by atoms with Gasteiger partial charge in [0.15, 0.2) is 0 Å². The van der Waals surface area contributed by atoms with E-state index in [2.05, 4.69) is 0 Å². The number of methoxy groups -OCH3 is 1. The summed E-state index contributed by atoms with van der Waals surface area (Å²) in [5.41, 5.74) is 1.70. The zero-order valence-corrected chi connectivity index (χ0v) is 15.9. The maximum absolute atomic E-state index is 12.8. The van der Waals surface area contributed by atoms with Crippen molar-refractivity contribution in [2.45, 2.75) is 19.4 Å². The van der Waals surface area contributed by atoms with Crippen LogP contribution < -0.4 is 4.74 Å². The first kappa shape index (κ1) is 19.0. The molecule has 0 radical (unpaired) electrons. The number of rotatable bonds is 6. The van der Waals surface area contributed by atoms with Crippen molar-refractivity contribution in [2.75, 3.05) is 27.2 Å². The molecule has 1 fully saturated rings. The Morgan fingerprint density at radius 1 is 1.11 bits per heavy atom. The minimum absolute atomic E-state index is 0.0277. The Hall–Kier alpha value is -2.82. The quantitative estimate of drug-likeness (QED) is 0.789. The van der Waals surface area contributed by atoms with Gasteiger partial charge in [0.05, 0.1) is 12.7 Å². The summed E-state index contributed by atoms with van der Waals surface area (Å²) in [6, 6.07) is 17.2. The van der Waals surface area contributed by atoms with Crippen LogP contribution in [-0.4, -0.2) is 48.9 Å². The Kier molecular flexibility index (Phi) is 6.12. The molecule has 1 saturated heterocycles. The summed E-state index contributed by atoms with van der Waals surface area (Å²) in [5, 5.41) is 0. The van der Waals surface area contributed by atoms with Gasteiger partial charge in [-0.15, -0.1) is 0 Å². The Bertz CT molecular complexity index is 791. The van der Waals surface area contributed by atoms with Gasteiger partial charge in [0.1, 0.15) is 5.75 Å². The molecule has 0 saturated carbocycles. The van der Waals surface area contributed by atoms with Crippen molar-refractivity contribution in [1.29, 1.82) is 0 Å². The molecule has 1 unspecified atom stereocenters. The first-order valence-electron chi connectivity index (χ1n) is 9.28. The van der Waals surface area contributed by atoms with Crippen molar-refractivity contribution in [3.63, 3.8) is 0 Å². The number of hydrogen-bond acceptors (Lipinski definition) is 3. The lowest BCUT2D eigenvalue weighted by atomic mass is 10.0. The van der Waals surface area contributed by atoms with E-state index in [4.69, 9.17) is 4.74 Å². The molecule has 0 aromatic heterocycles. The molecule has 2 amide bonds. The number of carbonyl (C=O) groups is 2. The van der Waals surface area contributed by atoms with Gasteiger partial charge in [0, 0.05) is 33.1 Å². The largest absolute Gasteiger partial charge is 0.496 e. The maximum Gasteiger partial charge on any atom is 0.257 e. The minimum Gasteiger partial charge on any atom is -0.496 e. The molecule has 27 heavy (non-hydrogen) atoms. The molecule has 0 bridgehead atoms. The highest BCUT2D eigenvalue weighted by Gasteiger charge is 2.30. The smallest absolute Gasteiger partial charge is 0.257 e. The highest BCUT2D eigenvalue weighted by Crippen LogP contribution is 2.25. The van der Waals surface area contributed by atoms with Gasteiger partial charge >= 0.3 is 0 Å². The molecule has 5 heteroatoms. The predicted octanol–water partition coefficient (Wildman–Crippen LogP) is 3.21. The van der Waals surface area contributed by atoms with Crippen LogP contribution >= 0.6 is 0 Å². The second kappa shape index (κ2) is 8.71. The maximum atomic E-state index is 12.8. The lowest BCUT2D eigenvalue weighted by Crippen LogP contribution is -2.31. The third-order valence-electron chi connectivity index (χ3n) is 5.06. The normalized spacial score (nSPS) is 16.2. The highest BCUT2D eigenvalue weighted by molar-refractivity contribution is 5.97. The van der Waals surface area contributed by atoms with Gasteiger partial charge in [-0.3, -0.25) is 9.59 Å². The van der Waals surface area contributed by atoms with E-state index in [0.717, 1.165) is 12.0 Å². The fourth-order valence-electron chi connectivity index (χ4n) is 3.52. The van der Waals surface area contributed by atoms with Crippen LogP contribution in [0.15, 0.2) is 54.6 Å². The van der Waals surface area contributed by atoms with Crippen molar-refractivity contribution in [2.24, 2.45) is 5.92 Å². The second-order valence-corrected chi connectivity index (χ2v) is 7.05. The van der Waals surface area contributed by atoms with Crippen LogP contribution in [0.25, 0.3) is 0 Å². The van der Waals surface area contributed by atoms with E-state index in [0.29, 0.717) is 37.4 Å². The van der Waals surface area contributed by atoms with Gasteiger partial charge in [0.2, 0.25) is 5.91 Å². The number of likely N-dealkylation sites (tertiary alicyclic amines) is 1. The average Bonchev–Trinajstić information content (AvgIpc) is 3.16. The van der Waals surface area contributed by atoms with Gasteiger partial charge in [-0.25, -0.2) is 0 Å². The standard InChI is InChI=1S/C22H26N2O3/c1-23(15-17-8-4-3-5-9-17)21(25)14-18-12-13-24(16-18)22(26)19-10-6-7-11-20(19)27-2/h3-11,18H,12-16H2,1-2H3. The topological polar surface area (TPSA) is 49.9 Å². The van der Waals surface area contributed by atoms with E-state index in [-0.39, 0.29) is 17.7 Å². The number of benzene rings is 2. The zero-order chi connectivity index (χ0) is 19.2. The minimum atomic E-state index is -0.0277. The van der Waals surface area contributed by atoms with Crippen molar-refractivity contribution in [3.8, 4) is 5.75 Å².